The lowest BCUT2D eigenvalue weighted by atomic mass is 10.1. The first-order chi connectivity index (χ1) is 4.48. The van der Waals surface area contributed by atoms with Gasteiger partial charge in [0.15, 0.2) is 0 Å². The Morgan fingerprint density at radius 3 is 2.40 bits per heavy atom. The Kier molecular flexibility index (Phi) is 3.36. The lowest BCUT2D eigenvalue weighted by Gasteiger charge is -2.21. The molecule has 0 fully saturated rings. The van der Waals surface area contributed by atoms with Crippen LogP contribution in [-0.2, 0) is 9.63 Å². The molecule has 0 aliphatic rings. The van der Waals surface area contributed by atoms with Crippen LogP contribution >= 0.6 is 0 Å². The summed E-state index contributed by atoms with van der Waals surface area (Å²) >= 11 is 0. The fourth-order valence-electron chi connectivity index (χ4n) is 0.282. The van der Waals surface area contributed by atoms with Gasteiger partial charge in [0.1, 0.15) is 0 Å². The molecule has 0 spiro atoms. The van der Waals surface area contributed by atoms with E-state index in [9.17, 15) is 4.79 Å². The molecule has 0 rings (SSSR count). The Labute approximate surface area is 61.7 Å². The molecule has 10 heavy (non-hydrogen) atoms. The second-order valence-corrected chi connectivity index (χ2v) is 2.87. The number of hydroxylamine groups is 1. The van der Waals surface area contributed by atoms with Gasteiger partial charge in [-0.15, -0.1) is 0 Å². The first kappa shape index (κ1) is 9.43. The van der Waals surface area contributed by atoms with Gasteiger partial charge in [-0.3, -0.25) is 9.63 Å². The van der Waals surface area contributed by atoms with Gasteiger partial charge < -0.3 is 0 Å². The summed E-state index contributed by atoms with van der Waals surface area (Å²) in [6, 6.07) is 0. The monoisotopic (exact) mass is 145 g/mol. The third-order valence-corrected chi connectivity index (χ3v) is 1.32. The van der Waals surface area contributed by atoms with Gasteiger partial charge in [0.2, 0.25) is 5.91 Å². The highest BCUT2D eigenvalue weighted by atomic mass is 16.7. The largest absolute Gasteiger partial charge is 0.273 e. The van der Waals surface area contributed by atoms with E-state index in [1.165, 1.54) is 6.92 Å². The van der Waals surface area contributed by atoms with E-state index in [0.29, 0.717) is 0 Å². The molecule has 0 atom stereocenters. The summed E-state index contributed by atoms with van der Waals surface area (Å²) in [5.41, 5.74) is 2.04. The number of carbonyl (C=O) groups excluding carboxylic acids is 1. The Balaban J connectivity index is 3.56. The highest BCUT2D eigenvalue weighted by Gasteiger charge is 2.15. The first-order valence-corrected chi connectivity index (χ1v) is 3.42. The molecule has 0 aromatic carbocycles. The minimum atomic E-state index is -0.258. The van der Waals surface area contributed by atoms with Crippen LogP contribution in [-0.4, -0.2) is 11.5 Å². The summed E-state index contributed by atoms with van der Waals surface area (Å²) in [6.07, 6.45) is 0.868. The van der Waals surface area contributed by atoms with Crippen molar-refractivity contribution >= 4 is 5.91 Å². The van der Waals surface area contributed by atoms with Crippen LogP contribution in [0.2, 0.25) is 0 Å². The predicted octanol–water partition coefficient (Wildman–Crippen LogP) is 1.24. The smallest absolute Gasteiger partial charge is 0.240 e. The summed E-state index contributed by atoms with van der Waals surface area (Å²) in [6.45, 7) is 7.26. The zero-order chi connectivity index (χ0) is 8.20. The molecule has 0 heterocycles. The van der Waals surface area contributed by atoms with E-state index in [1.807, 2.05) is 20.8 Å². The average Bonchev–Trinajstić information content (AvgIpc) is 1.85. The van der Waals surface area contributed by atoms with Crippen molar-refractivity contribution in [1.29, 1.82) is 0 Å². The van der Waals surface area contributed by atoms with Crippen LogP contribution in [0.1, 0.15) is 34.1 Å². The fraction of sp³-hybridized carbons (Fsp3) is 0.857. The van der Waals surface area contributed by atoms with Gasteiger partial charge in [-0.05, 0) is 20.3 Å². The Bertz CT molecular complexity index is 121. The normalized spacial score (nSPS) is 11.2. The molecule has 0 bridgehead atoms. The molecule has 1 N–H and O–H groups in total. The van der Waals surface area contributed by atoms with Gasteiger partial charge in [0, 0.05) is 6.92 Å². The molecule has 0 aromatic rings. The van der Waals surface area contributed by atoms with Gasteiger partial charge in [0.05, 0.1) is 5.60 Å². The molecule has 0 aromatic heterocycles. The maximum Gasteiger partial charge on any atom is 0.240 e. The van der Waals surface area contributed by atoms with Gasteiger partial charge in [-0.1, -0.05) is 6.92 Å². The van der Waals surface area contributed by atoms with Crippen molar-refractivity contribution < 1.29 is 9.63 Å². The van der Waals surface area contributed by atoms with Crippen molar-refractivity contribution in [2.75, 3.05) is 0 Å². The van der Waals surface area contributed by atoms with Gasteiger partial charge in [-0.25, -0.2) is 5.48 Å². The minimum Gasteiger partial charge on any atom is -0.273 e. The van der Waals surface area contributed by atoms with E-state index in [0.717, 1.165) is 6.42 Å². The molecular formula is C7H15NO2. The van der Waals surface area contributed by atoms with E-state index in [1.54, 1.807) is 0 Å². The molecule has 0 aliphatic carbocycles. The highest BCUT2D eigenvalue weighted by Crippen LogP contribution is 2.10. The summed E-state index contributed by atoms with van der Waals surface area (Å²) in [5, 5.41) is 0. The summed E-state index contributed by atoms with van der Waals surface area (Å²) < 4.78 is 0. The summed E-state index contributed by atoms with van der Waals surface area (Å²) in [5.74, 6) is -0.165. The van der Waals surface area contributed by atoms with Gasteiger partial charge in [-0.2, -0.15) is 0 Å². The highest BCUT2D eigenvalue weighted by molar-refractivity contribution is 5.71. The van der Waals surface area contributed by atoms with Crippen molar-refractivity contribution in [1.82, 2.24) is 5.48 Å². The molecule has 0 unspecified atom stereocenters. The molecule has 1 amide bonds. The van der Waals surface area contributed by atoms with E-state index >= 15 is 0 Å². The van der Waals surface area contributed by atoms with Gasteiger partial charge in [0.25, 0.3) is 0 Å². The van der Waals surface area contributed by atoms with E-state index in [4.69, 9.17) is 4.84 Å². The van der Waals surface area contributed by atoms with E-state index in [2.05, 4.69) is 5.48 Å². The van der Waals surface area contributed by atoms with Crippen molar-refractivity contribution in [3.8, 4) is 0 Å². The van der Waals surface area contributed by atoms with Crippen LogP contribution in [0.4, 0.5) is 0 Å². The van der Waals surface area contributed by atoms with Gasteiger partial charge >= 0.3 is 0 Å². The number of rotatable bonds is 3. The molecule has 3 heteroatoms. The minimum absolute atomic E-state index is 0.165. The molecule has 0 radical (unpaired) electrons. The van der Waals surface area contributed by atoms with Crippen LogP contribution in [0.15, 0.2) is 0 Å². The van der Waals surface area contributed by atoms with Crippen LogP contribution in [0.25, 0.3) is 0 Å². The average molecular weight is 145 g/mol. The van der Waals surface area contributed by atoms with Crippen LogP contribution in [0.5, 0.6) is 0 Å². The van der Waals surface area contributed by atoms with Crippen molar-refractivity contribution in [2.45, 2.75) is 39.7 Å². The van der Waals surface area contributed by atoms with E-state index in [-0.39, 0.29) is 11.5 Å². The third-order valence-electron chi connectivity index (χ3n) is 1.32. The standard InChI is InChI=1S/C7H15NO2/c1-5-7(3,4)10-8-6(2)9/h5H2,1-4H3,(H,8,9). The number of nitrogens with one attached hydrogen (secondary N) is 1. The topological polar surface area (TPSA) is 38.3 Å². The fourth-order valence-corrected chi connectivity index (χ4v) is 0.282. The quantitative estimate of drug-likeness (QED) is 0.607. The zero-order valence-corrected chi connectivity index (χ0v) is 7.02. The Morgan fingerprint density at radius 2 is 2.10 bits per heavy atom. The summed E-state index contributed by atoms with van der Waals surface area (Å²) in [7, 11) is 0. The SMILES string of the molecule is CCC(C)(C)ONC(C)=O. The molecule has 0 aliphatic heterocycles. The zero-order valence-electron chi connectivity index (χ0n) is 7.02. The number of carbonyl (C=O) groups is 1. The third kappa shape index (κ3) is 4.32. The molecule has 60 valence electrons. The molecule has 0 saturated carbocycles. The maximum atomic E-state index is 10.4. The maximum absolute atomic E-state index is 10.4. The first-order valence-electron chi connectivity index (χ1n) is 3.42. The Hall–Kier alpha value is -0.570. The van der Waals surface area contributed by atoms with Crippen LogP contribution in [0.3, 0.4) is 0 Å². The van der Waals surface area contributed by atoms with Crippen LogP contribution in [0, 0.1) is 0 Å². The number of hydrogen-bond donors (Lipinski definition) is 1. The summed E-state index contributed by atoms with van der Waals surface area (Å²) in [4.78, 5) is 15.4. The van der Waals surface area contributed by atoms with Crippen molar-refractivity contribution in [2.24, 2.45) is 0 Å². The molecule has 3 nitrogen and oxygen atoms in total. The number of hydrogen-bond acceptors (Lipinski definition) is 2. The van der Waals surface area contributed by atoms with Crippen molar-refractivity contribution in [3.05, 3.63) is 0 Å². The second-order valence-electron chi connectivity index (χ2n) is 2.87. The second kappa shape index (κ2) is 3.56. The Morgan fingerprint density at radius 1 is 1.60 bits per heavy atom. The molecular weight excluding hydrogens is 130 g/mol. The van der Waals surface area contributed by atoms with Crippen LogP contribution < -0.4 is 5.48 Å². The number of amides is 1. The predicted molar refractivity (Wildman–Crippen MR) is 39.3 cm³/mol. The van der Waals surface area contributed by atoms with Crippen molar-refractivity contribution in [3.63, 3.8) is 0 Å². The molecule has 0 saturated heterocycles. The lowest BCUT2D eigenvalue weighted by Crippen LogP contribution is -2.33. The van der Waals surface area contributed by atoms with E-state index < -0.39 is 0 Å². The lowest BCUT2D eigenvalue weighted by molar-refractivity contribution is -0.145.